The molecule has 1 aliphatic heterocycles. The van der Waals surface area contributed by atoms with Crippen LogP contribution in [0.2, 0.25) is 0 Å². The number of rotatable bonds is 7. The van der Waals surface area contributed by atoms with Gasteiger partial charge in [0.1, 0.15) is 0 Å². The van der Waals surface area contributed by atoms with E-state index in [4.69, 9.17) is 0 Å². The molecule has 134 valence electrons. The summed E-state index contributed by atoms with van der Waals surface area (Å²) in [6.07, 6.45) is 6.82. The van der Waals surface area contributed by atoms with E-state index in [-0.39, 0.29) is 0 Å². The van der Waals surface area contributed by atoms with E-state index in [9.17, 15) is 0 Å². The van der Waals surface area contributed by atoms with Crippen LogP contribution < -0.4 is 5.32 Å². The topological polar surface area (TPSA) is 34.1 Å². The van der Waals surface area contributed by atoms with Crippen LogP contribution >= 0.6 is 0 Å². The summed E-state index contributed by atoms with van der Waals surface area (Å²) in [5, 5.41) is 3.58. The summed E-state index contributed by atoms with van der Waals surface area (Å²) in [7, 11) is 4.18. The summed E-state index contributed by atoms with van der Waals surface area (Å²) >= 11 is 0. The number of hydrogen-bond acceptors (Lipinski definition) is 3. The minimum Gasteiger partial charge on any atom is -0.355 e. The number of nitrogens with zero attached hydrogens (tertiary/aromatic N) is 4. The Kier molecular flexibility index (Phi) is 7.63. The largest absolute Gasteiger partial charge is 0.355 e. The molecule has 1 saturated carbocycles. The molecule has 1 aliphatic carbocycles. The fourth-order valence-corrected chi connectivity index (χ4v) is 4.18. The quantitative estimate of drug-likeness (QED) is 0.573. The van der Waals surface area contributed by atoms with Crippen LogP contribution in [0.5, 0.6) is 0 Å². The molecule has 0 aromatic rings. The third kappa shape index (κ3) is 5.08. The molecule has 0 aromatic carbocycles. The van der Waals surface area contributed by atoms with Crippen molar-refractivity contribution in [1.29, 1.82) is 0 Å². The van der Waals surface area contributed by atoms with Crippen molar-refractivity contribution in [2.45, 2.75) is 58.0 Å². The van der Waals surface area contributed by atoms with Gasteiger partial charge in [-0.1, -0.05) is 26.7 Å². The van der Waals surface area contributed by atoms with Crippen molar-refractivity contribution < 1.29 is 0 Å². The second kappa shape index (κ2) is 9.48. The Hall–Kier alpha value is -0.810. The van der Waals surface area contributed by atoms with E-state index in [1.54, 1.807) is 0 Å². The summed E-state index contributed by atoms with van der Waals surface area (Å²) in [6, 6.07) is 1.49. The van der Waals surface area contributed by atoms with Crippen LogP contribution in [0.25, 0.3) is 0 Å². The summed E-state index contributed by atoms with van der Waals surface area (Å²) in [5.41, 5.74) is 0. The lowest BCUT2D eigenvalue weighted by Gasteiger charge is -2.28. The van der Waals surface area contributed by atoms with Gasteiger partial charge in [-0.2, -0.15) is 0 Å². The maximum absolute atomic E-state index is 4.50. The highest BCUT2D eigenvalue weighted by Gasteiger charge is 2.28. The zero-order valence-corrected chi connectivity index (χ0v) is 15.7. The summed E-state index contributed by atoms with van der Waals surface area (Å²) in [5.74, 6) is 1.08. The molecule has 1 saturated heterocycles. The predicted octanol–water partition coefficient (Wildman–Crippen LogP) is 1.85. The van der Waals surface area contributed by atoms with Gasteiger partial charge in [0.05, 0.1) is 0 Å². The van der Waals surface area contributed by atoms with E-state index in [0.717, 1.165) is 51.3 Å². The highest BCUT2D eigenvalue weighted by Crippen LogP contribution is 2.21. The lowest BCUT2D eigenvalue weighted by Crippen LogP contribution is -2.45. The SMILES string of the molecule is CCN(CC)C1CCN(C(=NC)NCCN(C)C2CCCC2)C1. The second-order valence-electron chi connectivity index (χ2n) is 7.00. The normalized spacial score (nSPS) is 23.5. The van der Waals surface area contributed by atoms with Crippen LogP contribution in [-0.4, -0.2) is 86.1 Å². The summed E-state index contributed by atoms with van der Waals surface area (Å²) in [4.78, 5) is 12.0. The monoisotopic (exact) mass is 323 g/mol. The first-order chi connectivity index (χ1) is 11.2. The van der Waals surface area contributed by atoms with Crippen molar-refractivity contribution in [1.82, 2.24) is 20.0 Å². The predicted molar refractivity (Wildman–Crippen MR) is 99.1 cm³/mol. The first kappa shape index (κ1) is 18.5. The number of likely N-dealkylation sites (tertiary alicyclic amines) is 1. The molecule has 2 fully saturated rings. The number of hydrogen-bond donors (Lipinski definition) is 1. The van der Waals surface area contributed by atoms with Crippen LogP contribution in [0, 0.1) is 0 Å². The Balaban J connectivity index is 1.73. The molecule has 0 bridgehead atoms. The Morgan fingerprint density at radius 1 is 1.13 bits per heavy atom. The van der Waals surface area contributed by atoms with Crippen molar-refractivity contribution in [2.24, 2.45) is 4.99 Å². The number of nitrogens with one attached hydrogen (secondary N) is 1. The van der Waals surface area contributed by atoms with Gasteiger partial charge in [-0.15, -0.1) is 0 Å². The van der Waals surface area contributed by atoms with Crippen molar-refractivity contribution in [2.75, 3.05) is 53.4 Å². The van der Waals surface area contributed by atoms with E-state index in [2.05, 4.69) is 45.9 Å². The van der Waals surface area contributed by atoms with E-state index in [1.165, 1.54) is 32.1 Å². The number of guanidine groups is 1. The molecular weight excluding hydrogens is 286 g/mol. The van der Waals surface area contributed by atoms with Crippen LogP contribution in [0.15, 0.2) is 4.99 Å². The van der Waals surface area contributed by atoms with Gasteiger partial charge < -0.3 is 15.1 Å². The zero-order valence-electron chi connectivity index (χ0n) is 15.7. The average Bonchev–Trinajstić information content (AvgIpc) is 3.24. The molecule has 2 rings (SSSR count). The molecule has 0 spiro atoms. The Labute approximate surface area is 143 Å². The van der Waals surface area contributed by atoms with Gasteiger partial charge in [-0.25, -0.2) is 0 Å². The number of aliphatic imine (C=N–C) groups is 1. The highest BCUT2D eigenvalue weighted by molar-refractivity contribution is 5.80. The first-order valence-electron chi connectivity index (χ1n) is 9.59. The van der Waals surface area contributed by atoms with Crippen molar-refractivity contribution in [3.63, 3.8) is 0 Å². The maximum Gasteiger partial charge on any atom is 0.193 e. The van der Waals surface area contributed by atoms with Crippen molar-refractivity contribution >= 4 is 5.96 Å². The molecule has 2 aliphatic rings. The summed E-state index contributed by atoms with van der Waals surface area (Å²) < 4.78 is 0. The molecular formula is C18H37N5. The van der Waals surface area contributed by atoms with Gasteiger partial charge in [-0.3, -0.25) is 9.89 Å². The average molecular weight is 324 g/mol. The molecule has 0 aromatic heterocycles. The van der Waals surface area contributed by atoms with Gasteiger partial charge in [-0.05, 0) is 39.4 Å². The van der Waals surface area contributed by atoms with Crippen LogP contribution in [0.1, 0.15) is 46.0 Å². The fraction of sp³-hybridized carbons (Fsp3) is 0.944. The molecule has 5 nitrogen and oxygen atoms in total. The lowest BCUT2D eigenvalue weighted by molar-refractivity contribution is 0.223. The lowest BCUT2D eigenvalue weighted by atomic mass is 10.2. The smallest absolute Gasteiger partial charge is 0.193 e. The fourth-order valence-electron chi connectivity index (χ4n) is 4.18. The third-order valence-corrected chi connectivity index (χ3v) is 5.70. The minimum absolute atomic E-state index is 0.685. The van der Waals surface area contributed by atoms with Gasteiger partial charge in [0, 0.05) is 45.3 Å². The van der Waals surface area contributed by atoms with Crippen LogP contribution in [0.4, 0.5) is 0 Å². The summed E-state index contributed by atoms with van der Waals surface area (Å²) in [6.45, 7) is 11.2. The minimum atomic E-state index is 0.685. The molecule has 1 N–H and O–H groups in total. The Bertz CT molecular complexity index is 360. The van der Waals surface area contributed by atoms with E-state index in [0.29, 0.717) is 6.04 Å². The van der Waals surface area contributed by atoms with Gasteiger partial charge in [0.2, 0.25) is 0 Å². The molecule has 1 atom stereocenters. The first-order valence-corrected chi connectivity index (χ1v) is 9.59. The molecule has 5 heteroatoms. The Morgan fingerprint density at radius 3 is 2.43 bits per heavy atom. The van der Waals surface area contributed by atoms with Gasteiger partial charge in [0.25, 0.3) is 0 Å². The number of likely N-dealkylation sites (N-methyl/N-ethyl adjacent to an activating group) is 2. The maximum atomic E-state index is 4.50. The van der Waals surface area contributed by atoms with Crippen LogP contribution in [-0.2, 0) is 0 Å². The third-order valence-electron chi connectivity index (χ3n) is 5.70. The molecule has 1 heterocycles. The second-order valence-corrected chi connectivity index (χ2v) is 7.00. The van der Waals surface area contributed by atoms with E-state index < -0.39 is 0 Å². The van der Waals surface area contributed by atoms with Crippen molar-refractivity contribution in [3.05, 3.63) is 0 Å². The van der Waals surface area contributed by atoms with E-state index in [1.807, 2.05) is 7.05 Å². The Morgan fingerprint density at radius 2 is 1.83 bits per heavy atom. The van der Waals surface area contributed by atoms with E-state index >= 15 is 0 Å². The zero-order chi connectivity index (χ0) is 16.7. The van der Waals surface area contributed by atoms with Gasteiger partial charge in [0.15, 0.2) is 5.96 Å². The standard InChI is InChI=1S/C18H37N5/c1-5-22(6-2)17-11-13-23(15-17)18(19-3)20-12-14-21(4)16-9-7-8-10-16/h16-17H,5-15H2,1-4H3,(H,19,20). The van der Waals surface area contributed by atoms with Crippen molar-refractivity contribution in [3.8, 4) is 0 Å². The highest BCUT2D eigenvalue weighted by atomic mass is 15.3. The molecule has 23 heavy (non-hydrogen) atoms. The van der Waals surface area contributed by atoms with Crippen LogP contribution in [0.3, 0.4) is 0 Å². The molecule has 0 amide bonds. The van der Waals surface area contributed by atoms with Gasteiger partial charge >= 0.3 is 0 Å². The molecule has 1 unspecified atom stereocenters. The molecule has 0 radical (unpaired) electrons.